The van der Waals surface area contributed by atoms with Gasteiger partial charge in [0.25, 0.3) is 0 Å². The van der Waals surface area contributed by atoms with Gasteiger partial charge in [-0.05, 0) is 68.9 Å². The van der Waals surface area contributed by atoms with Gasteiger partial charge in [-0.25, -0.2) is 22.2 Å². The van der Waals surface area contributed by atoms with Gasteiger partial charge in [-0.3, -0.25) is 9.80 Å². The van der Waals surface area contributed by atoms with Crippen LogP contribution in [0.4, 0.5) is 20.4 Å². The minimum atomic E-state index is -3.08. The zero-order chi connectivity index (χ0) is 30.3. The number of sulfone groups is 1. The third-order valence-electron chi connectivity index (χ3n) is 8.63. The van der Waals surface area contributed by atoms with Crippen LogP contribution in [-0.2, 0) is 22.9 Å². The first-order valence-electron chi connectivity index (χ1n) is 14.6. The average Bonchev–Trinajstić information content (AvgIpc) is 3.61. The van der Waals surface area contributed by atoms with E-state index in [9.17, 15) is 8.42 Å². The molecule has 2 aromatic heterocycles. The zero-order valence-corrected chi connectivity index (χ0v) is 25.5. The van der Waals surface area contributed by atoms with Crippen molar-refractivity contribution in [1.82, 2.24) is 29.2 Å². The van der Waals surface area contributed by atoms with E-state index in [1.807, 2.05) is 6.07 Å². The van der Waals surface area contributed by atoms with Crippen LogP contribution in [0, 0.1) is 18.6 Å². The first kappa shape index (κ1) is 29.6. The van der Waals surface area contributed by atoms with Crippen LogP contribution < -0.4 is 5.32 Å². The fourth-order valence-corrected chi connectivity index (χ4v) is 7.14. The van der Waals surface area contributed by atoms with Crippen LogP contribution in [0.25, 0.3) is 16.7 Å². The van der Waals surface area contributed by atoms with Crippen LogP contribution >= 0.6 is 0 Å². The van der Waals surface area contributed by atoms with Gasteiger partial charge >= 0.3 is 0 Å². The average molecular weight is 610 g/mol. The van der Waals surface area contributed by atoms with E-state index in [4.69, 9.17) is 4.98 Å². The Hall–Kier alpha value is -3.45. The summed E-state index contributed by atoms with van der Waals surface area (Å²) in [5.41, 5.74) is 4.09. The normalized spacial score (nSPS) is 19.4. The standard InChI is InChI=1S/C31H37F2N7O2S/c1-21-4-5-24(14-23(21)18-39-8-7-25(19-39)37(2)3)35-31-34-17-22-6-9-40(30(22)36-31)26-15-28(32)27(29(33)16-26)20-38-10-12-43(41,42)13-11-38/h4-6,9,14-17,25H,7-8,10-13,18-20H2,1-3H3,(H,34,35,36). The SMILES string of the molecule is Cc1ccc(Nc2ncc3ccn(-c4cc(F)c(CN5CCS(=O)(=O)CC5)c(F)c4)c3n2)cc1CN1CCC(N(C)C)C1. The van der Waals surface area contributed by atoms with Crippen molar-refractivity contribution in [2.24, 2.45) is 0 Å². The molecule has 1 atom stereocenters. The summed E-state index contributed by atoms with van der Waals surface area (Å²) >= 11 is 0. The fourth-order valence-electron chi connectivity index (χ4n) is 5.87. The van der Waals surface area contributed by atoms with Gasteiger partial charge in [-0.2, -0.15) is 4.98 Å². The summed E-state index contributed by atoms with van der Waals surface area (Å²) in [7, 11) is 1.19. The molecule has 0 amide bonds. The maximum atomic E-state index is 15.2. The predicted molar refractivity (Wildman–Crippen MR) is 165 cm³/mol. The molecule has 2 aromatic carbocycles. The number of aromatic nitrogens is 3. The van der Waals surface area contributed by atoms with Crippen LogP contribution in [0.15, 0.2) is 48.8 Å². The van der Waals surface area contributed by atoms with Crippen molar-refractivity contribution < 1.29 is 17.2 Å². The lowest BCUT2D eigenvalue weighted by molar-refractivity contribution is 0.264. The third-order valence-corrected chi connectivity index (χ3v) is 10.2. The molecule has 0 spiro atoms. The second-order valence-electron chi connectivity index (χ2n) is 11.9. The van der Waals surface area contributed by atoms with E-state index in [2.05, 4.69) is 53.3 Å². The van der Waals surface area contributed by atoms with Crippen LogP contribution in [0.3, 0.4) is 0 Å². The molecule has 4 aromatic rings. The maximum absolute atomic E-state index is 15.2. The molecule has 0 saturated carbocycles. The first-order valence-corrected chi connectivity index (χ1v) is 16.4. The zero-order valence-electron chi connectivity index (χ0n) is 24.7. The molecule has 2 fully saturated rings. The Balaban J connectivity index is 1.20. The van der Waals surface area contributed by atoms with Crippen LogP contribution in [-0.4, -0.2) is 95.5 Å². The highest BCUT2D eigenvalue weighted by atomic mass is 32.2. The summed E-state index contributed by atoms with van der Waals surface area (Å²) in [5.74, 6) is -0.980. The number of hydrogen-bond acceptors (Lipinski definition) is 8. The summed E-state index contributed by atoms with van der Waals surface area (Å²) in [6, 6.07) is 11.2. The second kappa shape index (κ2) is 11.9. The van der Waals surface area contributed by atoms with Crippen molar-refractivity contribution in [3.8, 4) is 5.69 Å². The predicted octanol–water partition coefficient (Wildman–Crippen LogP) is 4.12. The lowest BCUT2D eigenvalue weighted by atomic mass is 10.1. The number of nitrogens with one attached hydrogen (secondary N) is 1. The van der Waals surface area contributed by atoms with E-state index < -0.39 is 21.5 Å². The molecule has 1 N–H and O–H groups in total. The first-order chi connectivity index (χ1) is 20.5. The number of hydrogen-bond donors (Lipinski definition) is 1. The Morgan fingerprint density at radius 2 is 1.74 bits per heavy atom. The molecule has 2 saturated heterocycles. The second-order valence-corrected chi connectivity index (χ2v) is 14.2. The molecular formula is C31H37F2N7O2S. The number of fused-ring (bicyclic) bond motifs is 1. The lowest BCUT2D eigenvalue weighted by Crippen LogP contribution is -2.40. The van der Waals surface area contributed by atoms with Crippen LogP contribution in [0.5, 0.6) is 0 Å². The highest BCUT2D eigenvalue weighted by Crippen LogP contribution is 2.26. The number of nitrogens with zero attached hydrogens (tertiary/aromatic N) is 6. The summed E-state index contributed by atoms with van der Waals surface area (Å²) in [6.45, 7) is 5.65. The molecule has 2 aliphatic rings. The number of benzene rings is 2. The van der Waals surface area contributed by atoms with Gasteiger partial charge in [0.15, 0.2) is 9.84 Å². The molecule has 228 valence electrons. The number of halogens is 2. The molecule has 0 aliphatic carbocycles. The summed E-state index contributed by atoms with van der Waals surface area (Å²) in [4.78, 5) is 15.7. The monoisotopic (exact) mass is 609 g/mol. The van der Waals surface area contributed by atoms with Crippen molar-refractivity contribution in [1.29, 1.82) is 0 Å². The van der Waals surface area contributed by atoms with E-state index >= 15 is 8.78 Å². The minimum Gasteiger partial charge on any atom is -0.324 e. The minimum absolute atomic E-state index is 0.000703. The number of likely N-dealkylation sites (N-methyl/N-ethyl adjacent to an activating group) is 1. The van der Waals surface area contributed by atoms with Crippen molar-refractivity contribution >= 4 is 32.5 Å². The molecule has 1 unspecified atom stereocenters. The highest BCUT2D eigenvalue weighted by molar-refractivity contribution is 7.91. The van der Waals surface area contributed by atoms with Gasteiger partial charge in [0.1, 0.15) is 17.3 Å². The highest BCUT2D eigenvalue weighted by Gasteiger charge is 2.25. The van der Waals surface area contributed by atoms with Crippen molar-refractivity contribution in [2.45, 2.75) is 32.5 Å². The Morgan fingerprint density at radius 1 is 1.00 bits per heavy atom. The molecule has 2 aliphatic heterocycles. The summed E-state index contributed by atoms with van der Waals surface area (Å²) in [5, 5.41) is 4.04. The van der Waals surface area contributed by atoms with Crippen molar-refractivity contribution in [3.05, 3.63) is 77.1 Å². The maximum Gasteiger partial charge on any atom is 0.229 e. The molecular weight excluding hydrogens is 572 g/mol. The smallest absolute Gasteiger partial charge is 0.229 e. The van der Waals surface area contributed by atoms with Gasteiger partial charge in [0.2, 0.25) is 5.95 Å². The van der Waals surface area contributed by atoms with E-state index in [1.165, 1.54) is 29.7 Å². The van der Waals surface area contributed by atoms with Crippen LogP contribution in [0.2, 0.25) is 0 Å². The van der Waals surface area contributed by atoms with Crippen molar-refractivity contribution in [2.75, 3.05) is 57.1 Å². The largest absolute Gasteiger partial charge is 0.324 e. The molecule has 12 heteroatoms. The molecule has 9 nitrogen and oxygen atoms in total. The number of anilines is 2. The van der Waals surface area contributed by atoms with E-state index in [-0.39, 0.29) is 36.7 Å². The van der Waals surface area contributed by atoms with Gasteiger partial charge in [0, 0.05) is 74.3 Å². The Morgan fingerprint density at radius 3 is 2.44 bits per heavy atom. The van der Waals surface area contributed by atoms with Gasteiger partial charge in [-0.15, -0.1) is 0 Å². The van der Waals surface area contributed by atoms with Crippen LogP contribution in [0.1, 0.15) is 23.1 Å². The lowest BCUT2D eigenvalue weighted by Gasteiger charge is -2.26. The molecule has 43 heavy (non-hydrogen) atoms. The van der Waals surface area contributed by atoms with E-state index in [0.29, 0.717) is 23.3 Å². The van der Waals surface area contributed by atoms with Gasteiger partial charge < -0.3 is 14.8 Å². The summed E-state index contributed by atoms with van der Waals surface area (Å²) in [6.07, 6.45) is 4.57. The Kier molecular flexibility index (Phi) is 8.20. The topological polar surface area (TPSA) is 86.6 Å². The number of likely N-dealkylation sites (tertiary alicyclic amines) is 1. The molecule has 4 heterocycles. The third kappa shape index (κ3) is 6.57. The summed E-state index contributed by atoms with van der Waals surface area (Å²) < 4.78 is 55.5. The van der Waals surface area contributed by atoms with Gasteiger partial charge in [-0.1, -0.05) is 6.07 Å². The molecule has 0 bridgehead atoms. The molecule has 0 radical (unpaired) electrons. The fraction of sp³-hybridized carbons (Fsp3) is 0.419. The molecule has 6 rings (SSSR count). The Labute approximate surface area is 251 Å². The quantitative estimate of drug-likeness (QED) is 0.320. The Bertz CT molecular complexity index is 1720. The number of aryl methyl sites for hydroxylation is 1. The van der Waals surface area contributed by atoms with Crippen molar-refractivity contribution in [3.63, 3.8) is 0 Å². The van der Waals surface area contributed by atoms with Gasteiger partial charge in [0.05, 0.1) is 17.2 Å². The van der Waals surface area contributed by atoms with E-state index in [1.54, 1.807) is 27.9 Å². The number of rotatable bonds is 8. The van der Waals surface area contributed by atoms with E-state index in [0.717, 1.165) is 30.7 Å².